The van der Waals surface area contributed by atoms with E-state index in [1.807, 2.05) is 0 Å². The van der Waals surface area contributed by atoms with E-state index in [0.717, 1.165) is 45.2 Å². The van der Waals surface area contributed by atoms with Crippen molar-refractivity contribution in [1.82, 2.24) is 14.7 Å². The van der Waals surface area contributed by atoms with Crippen LogP contribution >= 0.6 is 0 Å². The molecule has 4 nitrogen and oxygen atoms in total. The number of benzene rings is 1. The third kappa shape index (κ3) is 4.06. The molecule has 1 saturated carbocycles. The van der Waals surface area contributed by atoms with Gasteiger partial charge in [-0.25, -0.2) is 0 Å². The number of carbonyl (C=O) groups excluding carboxylic acids is 1. The van der Waals surface area contributed by atoms with E-state index in [0.29, 0.717) is 12.3 Å². The van der Waals surface area contributed by atoms with E-state index in [1.165, 1.54) is 49.9 Å². The number of hydrogen-bond acceptors (Lipinski definition) is 3. The fraction of sp³-hybridized carbons (Fsp3) is 0.667. The molecule has 0 N–H and O–H groups in total. The summed E-state index contributed by atoms with van der Waals surface area (Å²) in [6.45, 7) is 7.25. The molecule has 1 aliphatic carbocycles. The van der Waals surface area contributed by atoms with Gasteiger partial charge in [0.25, 0.3) is 0 Å². The molecule has 0 atom stereocenters. The highest BCUT2D eigenvalue weighted by molar-refractivity contribution is 5.76. The molecule has 1 aromatic carbocycles. The highest BCUT2D eigenvalue weighted by Crippen LogP contribution is 2.24. The molecule has 0 radical (unpaired) electrons. The molecular weight excluding hydrogens is 310 g/mol. The quantitative estimate of drug-likeness (QED) is 0.842. The lowest BCUT2D eigenvalue weighted by atomic mass is 10.00. The van der Waals surface area contributed by atoms with E-state index in [2.05, 4.69) is 39.0 Å². The predicted molar refractivity (Wildman–Crippen MR) is 100 cm³/mol. The minimum atomic E-state index is 0.327. The first-order valence-corrected chi connectivity index (χ1v) is 10.1. The average molecular weight is 341 g/mol. The van der Waals surface area contributed by atoms with Crippen LogP contribution in [0.3, 0.4) is 0 Å². The summed E-state index contributed by atoms with van der Waals surface area (Å²) >= 11 is 0. The summed E-state index contributed by atoms with van der Waals surface area (Å²) in [6.07, 6.45) is 7.30. The van der Waals surface area contributed by atoms with Gasteiger partial charge in [0.2, 0.25) is 5.91 Å². The molecular formula is C21H31N3O. The lowest BCUT2D eigenvalue weighted by Crippen LogP contribution is -2.50. The summed E-state index contributed by atoms with van der Waals surface area (Å²) < 4.78 is 0. The third-order valence-corrected chi connectivity index (χ3v) is 6.37. The van der Waals surface area contributed by atoms with Crippen LogP contribution in [0, 0.1) is 0 Å². The molecule has 2 aliphatic heterocycles. The largest absolute Gasteiger partial charge is 0.338 e. The monoisotopic (exact) mass is 341 g/mol. The molecule has 0 aromatic heterocycles. The molecule has 0 spiro atoms. The molecule has 4 rings (SSSR count). The summed E-state index contributed by atoms with van der Waals surface area (Å²) in [5.74, 6) is 0.327. The van der Waals surface area contributed by atoms with Crippen LogP contribution < -0.4 is 0 Å². The summed E-state index contributed by atoms with van der Waals surface area (Å²) in [4.78, 5) is 19.8. The normalized spacial score (nSPS) is 23.0. The van der Waals surface area contributed by atoms with Gasteiger partial charge in [-0.05, 0) is 30.4 Å². The minimum Gasteiger partial charge on any atom is -0.338 e. The first-order chi connectivity index (χ1) is 12.3. The molecule has 0 bridgehead atoms. The van der Waals surface area contributed by atoms with Gasteiger partial charge in [0, 0.05) is 58.3 Å². The van der Waals surface area contributed by atoms with Gasteiger partial charge in [0.15, 0.2) is 0 Å². The lowest BCUT2D eigenvalue weighted by molar-refractivity contribution is -0.132. The maximum Gasteiger partial charge on any atom is 0.224 e. The van der Waals surface area contributed by atoms with E-state index in [1.54, 1.807) is 0 Å². The van der Waals surface area contributed by atoms with Crippen molar-refractivity contribution < 1.29 is 4.79 Å². The molecule has 3 aliphatic rings. The van der Waals surface area contributed by atoms with Crippen LogP contribution in [0.4, 0.5) is 0 Å². The number of nitrogens with zero attached hydrogens (tertiary/aromatic N) is 3. The Bertz CT molecular complexity index is 589. The van der Waals surface area contributed by atoms with Crippen LogP contribution in [0.1, 0.15) is 43.2 Å². The van der Waals surface area contributed by atoms with Gasteiger partial charge >= 0.3 is 0 Å². The van der Waals surface area contributed by atoms with Gasteiger partial charge in [0.1, 0.15) is 0 Å². The van der Waals surface area contributed by atoms with E-state index in [9.17, 15) is 4.79 Å². The maximum atomic E-state index is 12.6. The van der Waals surface area contributed by atoms with Crippen molar-refractivity contribution in [2.75, 3.05) is 39.3 Å². The van der Waals surface area contributed by atoms with Crippen molar-refractivity contribution in [1.29, 1.82) is 0 Å². The van der Waals surface area contributed by atoms with Gasteiger partial charge in [0.05, 0.1) is 0 Å². The zero-order chi connectivity index (χ0) is 17.1. The lowest BCUT2D eigenvalue weighted by Gasteiger charge is -2.38. The van der Waals surface area contributed by atoms with Crippen molar-refractivity contribution in [3.05, 3.63) is 35.4 Å². The Kier molecular flexibility index (Phi) is 5.37. The highest BCUT2D eigenvalue weighted by atomic mass is 16.2. The van der Waals surface area contributed by atoms with Gasteiger partial charge in [-0.15, -0.1) is 0 Å². The number of amides is 1. The molecule has 1 saturated heterocycles. The van der Waals surface area contributed by atoms with Crippen LogP contribution in [0.5, 0.6) is 0 Å². The third-order valence-electron chi connectivity index (χ3n) is 6.37. The average Bonchev–Trinajstić information content (AvgIpc) is 3.21. The van der Waals surface area contributed by atoms with Crippen LogP contribution in [0.15, 0.2) is 24.3 Å². The van der Waals surface area contributed by atoms with Gasteiger partial charge in [-0.3, -0.25) is 9.69 Å². The fourth-order valence-corrected chi connectivity index (χ4v) is 4.74. The summed E-state index contributed by atoms with van der Waals surface area (Å²) in [5, 5.41) is 0. The number of rotatable bonds is 4. The van der Waals surface area contributed by atoms with Gasteiger partial charge in [-0.2, -0.15) is 0 Å². The molecule has 136 valence electrons. The van der Waals surface area contributed by atoms with Crippen LogP contribution in [0.25, 0.3) is 0 Å². The zero-order valence-corrected chi connectivity index (χ0v) is 15.3. The number of fused-ring (bicyclic) bond motifs is 1. The molecule has 1 amide bonds. The Morgan fingerprint density at radius 1 is 0.960 bits per heavy atom. The smallest absolute Gasteiger partial charge is 0.224 e. The van der Waals surface area contributed by atoms with Crippen LogP contribution in [-0.4, -0.2) is 65.9 Å². The molecule has 2 fully saturated rings. The van der Waals surface area contributed by atoms with Crippen molar-refractivity contribution in [3.8, 4) is 0 Å². The van der Waals surface area contributed by atoms with Crippen molar-refractivity contribution in [2.45, 2.75) is 51.1 Å². The standard InChI is InChI=1S/C21H31N3O/c25-21(24-12-9-18-5-1-2-6-19(18)17-24)10-11-22-13-15-23(16-14-22)20-7-3-4-8-20/h1-2,5-6,20H,3-4,7-17H2. The summed E-state index contributed by atoms with van der Waals surface area (Å²) in [5.41, 5.74) is 2.74. The molecule has 0 unspecified atom stereocenters. The Morgan fingerprint density at radius 2 is 1.68 bits per heavy atom. The Labute approximate surface area is 151 Å². The van der Waals surface area contributed by atoms with Crippen molar-refractivity contribution >= 4 is 5.91 Å². The van der Waals surface area contributed by atoms with E-state index < -0.39 is 0 Å². The summed E-state index contributed by atoms with van der Waals surface area (Å²) in [6, 6.07) is 9.38. The van der Waals surface area contributed by atoms with Crippen LogP contribution in [0.2, 0.25) is 0 Å². The highest BCUT2D eigenvalue weighted by Gasteiger charge is 2.27. The van der Waals surface area contributed by atoms with E-state index >= 15 is 0 Å². The molecule has 1 aromatic rings. The second kappa shape index (κ2) is 7.88. The van der Waals surface area contributed by atoms with Crippen molar-refractivity contribution in [3.63, 3.8) is 0 Å². The molecule has 2 heterocycles. The van der Waals surface area contributed by atoms with Gasteiger partial charge < -0.3 is 9.80 Å². The minimum absolute atomic E-state index is 0.327. The fourth-order valence-electron chi connectivity index (χ4n) is 4.74. The topological polar surface area (TPSA) is 26.8 Å². The zero-order valence-electron chi connectivity index (χ0n) is 15.3. The number of hydrogen-bond donors (Lipinski definition) is 0. The number of carbonyl (C=O) groups is 1. The SMILES string of the molecule is O=C(CCN1CCN(C2CCCC2)CC1)N1CCc2ccccc2C1. The molecule has 25 heavy (non-hydrogen) atoms. The van der Waals surface area contributed by atoms with Gasteiger partial charge in [-0.1, -0.05) is 37.1 Å². The van der Waals surface area contributed by atoms with E-state index in [4.69, 9.17) is 0 Å². The van der Waals surface area contributed by atoms with Crippen molar-refractivity contribution in [2.24, 2.45) is 0 Å². The number of piperazine rings is 1. The Balaban J connectivity index is 1.21. The first-order valence-electron chi connectivity index (χ1n) is 10.1. The summed E-state index contributed by atoms with van der Waals surface area (Å²) in [7, 11) is 0. The first kappa shape index (κ1) is 17.0. The second-order valence-corrected chi connectivity index (χ2v) is 7.90. The Morgan fingerprint density at radius 3 is 2.44 bits per heavy atom. The molecule has 4 heteroatoms. The second-order valence-electron chi connectivity index (χ2n) is 7.90. The Hall–Kier alpha value is -1.39. The maximum absolute atomic E-state index is 12.6. The van der Waals surface area contributed by atoms with E-state index in [-0.39, 0.29) is 0 Å². The predicted octanol–water partition coefficient (Wildman–Crippen LogP) is 2.52. The van der Waals surface area contributed by atoms with Crippen LogP contribution in [-0.2, 0) is 17.8 Å².